The quantitative estimate of drug-likeness (QED) is 0.860. The highest BCUT2D eigenvalue weighted by molar-refractivity contribution is 5.29. The molecule has 2 fully saturated rings. The predicted molar refractivity (Wildman–Crippen MR) is 94.3 cm³/mol. The van der Waals surface area contributed by atoms with Crippen LogP contribution < -0.4 is 4.74 Å². The Morgan fingerprint density at radius 2 is 2.00 bits per heavy atom. The van der Waals surface area contributed by atoms with E-state index in [9.17, 15) is 14.6 Å². The summed E-state index contributed by atoms with van der Waals surface area (Å²) in [6, 6.07) is 7.86. The van der Waals surface area contributed by atoms with Gasteiger partial charge in [0.2, 0.25) is 0 Å². The number of aromatic hydroxyl groups is 1. The van der Waals surface area contributed by atoms with Gasteiger partial charge in [-0.05, 0) is 54.5 Å². The molecule has 2 aliphatic rings. The number of hydrogen-bond donors (Lipinski definition) is 2. The fourth-order valence-corrected chi connectivity index (χ4v) is 4.28. The predicted octanol–water partition coefficient (Wildman–Crippen LogP) is 2.75. The van der Waals surface area contributed by atoms with Crippen molar-refractivity contribution in [2.75, 3.05) is 19.6 Å². The second-order valence-corrected chi connectivity index (χ2v) is 7.37. The normalized spacial score (nSPS) is 26.6. The molecular formula is C20H23FN2O3. The van der Waals surface area contributed by atoms with E-state index in [2.05, 4.69) is 9.88 Å². The number of phenols is 1. The third-order valence-corrected chi connectivity index (χ3v) is 5.51. The van der Waals surface area contributed by atoms with E-state index in [1.807, 2.05) is 12.1 Å². The summed E-state index contributed by atoms with van der Waals surface area (Å²) in [6.45, 7) is 2.33. The van der Waals surface area contributed by atoms with E-state index in [1.54, 1.807) is 18.5 Å². The molecule has 1 aromatic carbocycles. The number of aliphatic hydroxyl groups excluding tert-OH is 1. The largest absolute Gasteiger partial charge is 0.505 e. The lowest BCUT2D eigenvalue weighted by Crippen LogP contribution is -2.29. The molecule has 1 aromatic heterocycles. The molecule has 1 saturated heterocycles. The Morgan fingerprint density at radius 1 is 1.23 bits per heavy atom. The van der Waals surface area contributed by atoms with Crippen LogP contribution in [0.4, 0.5) is 4.39 Å². The summed E-state index contributed by atoms with van der Waals surface area (Å²) in [7, 11) is 0. The lowest BCUT2D eigenvalue weighted by atomic mass is 10.0. The highest BCUT2D eigenvalue weighted by Crippen LogP contribution is 2.40. The number of aliphatic hydroxyl groups is 1. The first-order chi connectivity index (χ1) is 12.6. The maximum absolute atomic E-state index is 13.5. The zero-order valence-electron chi connectivity index (χ0n) is 14.5. The lowest BCUT2D eigenvalue weighted by molar-refractivity contribution is 0.116. The van der Waals surface area contributed by atoms with Crippen molar-refractivity contribution in [2.24, 2.45) is 11.8 Å². The van der Waals surface area contributed by atoms with Crippen molar-refractivity contribution < 1.29 is 19.3 Å². The summed E-state index contributed by atoms with van der Waals surface area (Å²) in [6.07, 6.45) is 4.98. The molecule has 2 N–H and O–H groups in total. The van der Waals surface area contributed by atoms with Crippen molar-refractivity contribution >= 4 is 0 Å². The van der Waals surface area contributed by atoms with Gasteiger partial charge < -0.3 is 14.9 Å². The molecule has 0 radical (unpaired) electrons. The Hall–Kier alpha value is -2.18. The molecule has 0 bridgehead atoms. The van der Waals surface area contributed by atoms with Gasteiger partial charge in [-0.2, -0.15) is 0 Å². The first-order valence-corrected chi connectivity index (χ1v) is 9.04. The topological polar surface area (TPSA) is 65.8 Å². The van der Waals surface area contributed by atoms with Crippen LogP contribution in [0.3, 0.4) is 0 Å². The van der Waals surface area contributed by atoms with Crippen molar-refractivity contribution in [1.82, 2.24) is 9.88 Å². The molecule has 5 nitrogen and oxygen atoms in total. The van der Waals surface area contributed by atoms with E-state index in [1.165, 1.54) is 12.1 Å². The molecule has 2 heterocycles. The zero-order valence-corrected chi connectivity index (χ0v) is 14.5. The number of ether oxygens (including phenoxy) is 1. The summed E-state index contributed by atoms with van der Waals surface area (Å²) in [5.41, 5.74) is 0.496. The lowest BCUT2D eigenvalue weighted by Gasteiger charge is -2.22. The van der Waals surface area contributed by atoms with E-state index in [0.717, 1.165) is 31.7 Å². The van der Waals surface area contributed by atoms with Crippen molar-refractivity contribution in [3.63, 3.8) is 0 Å². The summed E-state index contributed by atoms with van der Waals surface area (Å²) in [4.78, 5) is 6.32. The smallest absolute Gasteiger partial charge is 0.165 e. The first kappa shape index (κ1) is 17.2. The van der Waals surface area contributed by atoms with Gasteiger partial charge in [0.15, 0.2) is 11.6 Å². The summed E-state index contributed by atoms with van der Waals surface area (Å²) in [5.74, 6) is 0.867. The SMILES string of the molecule is Oc1ccc(C(O)CN2C[C@H]3C[C@H](Oc4cccnc4)C[C@H]3C2)cc1F. The third-order valence-electron chi connectivity index (χ3n) is 5.51. The average Bonchev–Trinajstić information content (AvgIpc) is 3.16. The number of β-amino-alcohol motifs (C(OH)–C–C–N with tert-alkyl or cyclic N) is 1. The van der Waals surface area contributed by atoms with Gasteiger partial charge in [-0.1, -0.05) is 6.07 Å². The van der Waals surface area contributed by atoms with Gasteiger partial charge in [-0.3, -0.25) is 9.88 Å². The van der Waals surface area contributed by atoms with Crippen molar-refractivity contribution in [3.05, 3.63) is 54.1 Å². The van der Waals surface area contributed by atoms with Gasteiger partial charge in [0.05, 0.1) is 18.4 Å². The van der Waals surface area contributed by atoms with E-state index >= 15 is 0 Å². The van der Waals surface area contributed by atoms with Crippen LogP contribution >= 0.6 is 0 Å². The fraction of sp³-hybridized carbons (Fsp3) is 0.450. The zero-order chi connectivity index (χ0) is 18.1. The number of fused-ring (bicyclic) bond motifs is 1. The molecule has 4 rings (SSSR count). The highest BCUT2D eigenvalue weighted by atomic mass is 19.1. The van der Waals surface area contributed by atoms with Crippen LogP contribution in [0.25, 0.3) is 0 Å². The Labute approximate surface area is 152 Å². The van der Waals surface area contributed by atoms with Crippen molar-refractivity contribution in [2.45, 2.75) is 25.0 Å². The molecule has 26 heavy (non-hydrogen) atoms. The monoisotopic (exact) mass is 358 g/mol. The minimum Gasteiger partial charge on any atom is -0.505 e. The Balaban J connectivity index is 1.29. The van der Waals surface area contributed by atoms with Gasteiger partial charge in [0, 0.05) is 25.8 Å². The summed E-state index contributed by atoms with van der Waals surface area (Å²) in [5, 5.41) is 19.7. The first-order valence-electron chi connectivity index (χ1n) is 9.04. The van der Waals surface area contributed by atoms with Gasteiger partial charge in [0.1, 0.15) is 5.75 Å². The Morgan fingerprint density at radius 3 is 2.65 bits per heavy atom. The van der Waals surface area contributed by atoms with Crippen LogP contribution in [0.2, 0.25) is 0 Å². The van der Waals surface area contributed by atoms with Crippen LogP contribution in [0.1, 0.15) is 24.5 Å². The molecule has 6 heteroatoms. The molecule has 1 aliphatic carbocycles. The van der Waals surface area contributed by atoms with E-state index in [-0.39, 0.29) is 6.10 Å². The Kier molecular flexibility index (Phi) is 4.78. The summed E-state index contributed by atoms with van der Waals surface area (Å²) < 4.78 is 19.5. The number of benzene rings is 1. The molecule has 0 spiro atoms. The molecule has 138 valence electrons. The van der Waals surface area contributed by atoms with Crippen LogP contribution in [-0.4, -0.2) is 45.8 Å². The number of halogens is 1. The number of nitrogens with zero attached hydrogens (tertiary/aromatic N) is 2. The molecule has 1 saturated carbocycles. The molecule has 1 unspecified atom stereocenters. The van der Waals surface area contributed by atoms with E-state index < -0.39 is 17.7 Å². The molecular weight excluding hydrogens is 335 g/mol. The van der Waals surface area contributed by atoms with Crippen LogP contribution in [-0.2, 0) is 0 Å². The standard InChI is InChI=1S/C20H23FN2O3/c21-18-8-13(3-4-19(18)24)20(25)12-23-10-14-6-17(7-15(14)11-23)26-16-2-1-5-22-9-16/h1-5,8-9,14-15,17,20,24-25H,6-7,10-12H2/t14-,15+,17+,20?. The van der Waals surface area contributed by atoms with E-state index in [0.29, 0.717) is 23.9 Å². The average molecular weight is 358 g/mol. The number of rotatable bonds is 5. The number of hydrogen-bond acceptors (Lipinski definition) is 5. The van der Waals surface area contributed by atoms with Crippen LogP contribution in [0, 0.1) is 17.7 Å². The Bertz CT molecular complexity index is 744. The van der Waals surface area contributed by atoms with E-state index in [4.69, 9.17) is 4.74 Å². The van der Waals surface area contributed by atoms with Crippen molar-refractivity contribution in [3.8, 4) is 11.5 Å². The van der Waals surface area contributed by atoms with Gasteiger partial charge in [-0.15, -0.1) is 0 Å². The summed E-state index contributed by atoms with van der Waals surface area (Å²) >= 11 is 0. The third kappa shape index (κ3) is 3.66. The van der Waals surface area contributed by atoms with Gasteiger partial charge >= 0.3 is 0 Å². The maximum atomic E-state index is 13.5. The molecule has 2 aromatic rings. The molecule has 1 aliphatic heterocycles. The second-order valence-electron chi connectivity index (χ2n) is 7.37. The molecule has 0 amide bonds. The van der Waals surface area contributed by atoms with Crippen LogP contribution in [0.5, 0.6) is 11.5 Å². The number of phenolic OH excluding ortho intramolecular Hbond substituents is 1. The number of pyridine rings is 1. The van der Waals surface area contributed by atoms with Crippen LogP contribution in [0.15, 0.2) is 42.7 Å². The fourth-order valence-electron chi connectivity index (χ4n) is 4.28. The number of likely N-dealkylation sites (tertiary alicyclic amines) is 1. The van der Waals surface area contributed by atoms with Gasteiger partial charge in [0.25, 0.3) is 0 Å². The number of aromatic nitrogens is 1. The minimum atomic E-state index is -0.758. The highest BCUT2D eigenvalue weighted by Gasteiger charge is 2.42. The molecule has 4 atom stereocenters. The van der Waals surface area contributed by atoms with Gasteiger partial charge in [-0.25, -0.2) is 4.39 Å². The minimum absolute atomic E-state index is 0.229. The second kappa shape index (κ2) is 7.21. The van der Waals surface area contributed by atoms with Crippen molar-refractivity contribution in [1.29, 1.82) is 0 Å². The maximum Gasteiger partial charge on any atom is 0.165 e.